The van der Waals surface area contributed by atoms with Gasteiger partial charge in [-0.15, -0.1) is 5.10 Å². The van der Waals surface area contributed by atoms with E-state index in [4.69, 9.17) is 11.6 Å². The number of rotatable bonds is 5. The maximum absolute atomic E-state index is 13.0. The SMILES string of the molecule is Cn1c(-c2cccnc2)nn(CCNC(=O)c2ccc(F)cc2Cl)c1=O. The zero-order valence-electron chi connectivity index (χ0n) is 13.8. The molecule has 1 aromatic carbocycles. The highest BCUT2D eigenvalue weighted by Gasteiger charge is 2.14. The summed E-state index contributed by atoms with van der Waals surface area (Å²) >= 11 is 5.86. The fourth-order valence-electron chi connectivity index (χ4n) is 2.42. The van der Waals surface area contributed by atoms with Crippen LogP contribution < -0.4 is 11.0 Å². The van der Waals surface area contributed by atoms with Crippen LogP contribution >= 0.6 is 11.6 Å². The minimum atomic E-state index is -0.519. The molecule has 2 heterocycles. The van der Waals surface area contributed by atoms with E-state index in [0.717, 1.165) is 12.1 Å². The van der Waals surface area contributed by atoms with Crippen LogP contribution in [0.25, 0.3) is 11.4 Å². The van der Waals surface area contributed by atoms with Crippen LogP contribution in [0.5, 0.6) is 0 Å². The fraction of sp³-hybridized carbons (Fsp3) is 0.176. The molecule has 0 radical (unpaired) electrons. The molecule has 0 aliphatic carbocycles. The van der Waals surface area contributed by atoms with Gasteiger partial charge in [0.05, 0.1) is 17.1 Å². The fourth-order valence-corrected chi connectivity index (χ4v) is 2.68. The molecule has 0 saturated heterocycles. The van der Waals surface area contributed by atoms with Gasteiger partial charge in [0.15, 0.2) is 5.82 Å². The summed E-state index contributed by atoms with van der Waals surface area (Å²) in [6.07, 6.45) is 3.25. The smallest absolute Gasteiger partial charge is 0.345 e. The Morgan fingerprint density at radius 1 is 1.35 bits per heavy atom. The Labute approximate surface area is 153 Å². The van der Waals surface area contributed by atoms with Gasteiger partial charge in [0.2, 0.25) is 0 Å². The average Bonchev–Trinajstić information content (AvgIpc) is 2.91. The van der Waals surface area contributed by atoms with Gasteiger partial charge in [-0.25, -0.2) is 13.9 Å². The molecule has 26 heavy (non-hydrogen) atoms. The maximum atomic E-state index is 13.0. The number of aromatic nitrogens is 4. The van der Waals surface area contributed by atoms with E-state index in [2.05, 4.69) is 15.4 Å². The Balaban J connectivity index is 1.69. The van der Waals surface area contributed by atoms with Crippen molar-refractivity contribution in [3.8, 4) is 11.4 Å². The van der Waals surface area contributed by atoms with Gasteiger partial charge in [0.25, 0.3) is 5.91 Å². The van der Waals surface area contributed by atoms with Crippen molar-refractivity contribution >= 4 is 17.5 Å². The lowest BCUT2D eigenvalue weighted by Crippen LogP contribution is -2.31. The highest BCUT2D eigenvalue weighted by Crippen LogP contribution is 2.17. The highest BCUT2D eigenvalue weighted by molar-refractivity contribution is 6.33. The quantitative estimate of drug-likeness (QED) is 0.738. The maximum Gasteiger partial charge on any atom is 0.345 e. The van der Waals surface area contributed by atoms with Crippen molar-refractivity contribution in [3.05, 3.63) is 69.6 Å². The number of carbonyl (C=O) groups is 1. The topological polar surface area (TPSA) is 81.8 Å². The number of benzene rings is 1. The van der Waals surface area contributed by atoms with Crippen molar-refractivity contribution in [2.24, 2.45) is 7.05 Å². The zero-order valence-corrected chi connectivity index (χ0v) is 14.6. The van der Waals surface area contributed by atoms with E-state index in [-0.39, 0.29) is 29.4 Å². The molecular formula is C17H15ClFN5O2. The van der Waals surface area contributed by atoms with Gasteiger partial charge >= 0.3 is 5.69 Å². The van der Waals surface area contributed by atoms with Crippen molar-refractivity contribution in [3.63, 3.8) is 0 Å². The molecule has 0 fully saturated rings. The van der Waals surface area contributed by atoms with Gasteiger partial charge in [-0.05, 0) is 30.3 Å². The normalized spacial score (nSPS) is 10.7. The van der Waals surface area contributed by atoms with Crippen LogP contribution in [0.2, 0.25) is 5.02 Å². The summed E-state index contributed by atoms with van der Waals surface area (Å²) in [5.74, 6) is -0.489. The molecule has 9 heteroatoms. The van der Waals surface area contributed by atoms with E-state index in [1.165, 1.54) is 15.3 Å². The number of pyridine rings is 1. The molecule has 1 N–H and O–H groups in total. The van der Waals surface area contributed by atoms with Gasteiger partial charge in [-0.2, -0.15) is 0 Å². The molecular weight excluding hydrogens is 361 g/mol. The van der Waals surface area contributed by atoms with Crippen molar-refractivity contribution in [1.29, 1.82) is 0 Å². The molecule has 0 saturated carbocycles. The van der Waals surface area contributed by atoms with Crippen LogP contribution in [0, 0.1) is 5.82 Å². The van der Waals surface area contributed by atoms with Crippen LogP contribution in [0.15, 0.2) is 47.5 Å². The highest BCUT2D eigenvalue weighted by atomic mass is 35.5. The molecule has 0 unspecified atom stereocenters. The third kappa shape index (κ3) is 3.65. The molecule has 0 spiro atoms. The van der Waals surface area contributed by atoms with E-state index in [0.29, 0.717) is 11.4 Å². The molecule has 0 atom stereocenters. The first-order chi connectivity index (χ1) is 12.5. The average molecular weight is 376 g/mol. The lowest BCUT2D eigenvalue weighted by molar-refractivity contribution is 0.0952. The van der Waals surface area contributed by atoms with Crippen LogP contribution in [0.4, 0.5) is 4.39 Å². The first-order valence-electron chi connectivity index (χ1n) is 7.75. The Kier molecular flexibility index (Phi) is 5.13. The van der Waals surface area contributed by atoms with Gasteiger partial charge in [-0.3, -0.25) is 14.3 Å². The third-order valence-electron chi connectivity index (χ3n) is 3.75. The van der Waals surface area contributed by atoms with E-state index >= 15 is 0 Å². The lowest BCUT2D eigenvalue weighted by atomic mass is 10.2. The molecule has 3 aromatic rings. The number of hydrogen-bond donors (Lipinski definition) is 1. The van der Waals surface area contributed by atoms with Crippen LogP contribution in [-0.4, -0.2) is 31.8 Å². The summed E-state index contributed by atoms with van der Waals surface area (Å²) in [5, 5.41) is 6.94. The summed E-state index contributed by atoms with van der Waals surface area (Å²) in [6, 6.07) is 7.09. The Hall–Kier alpha value is -3.00. The first-order valence-corrected chi connectivity index (χ1v) is 8.12. The first kappa shape index (κ1) is 17.8. The number of carbonyl (C=O) groups excluding carboxylic acids is 1. The largest absolute Gasteiger partial charge is 0.350 e. The van der Waals surface area contributed by atoms with Crippen molar-refractivity contribution in [2.75, 3.05) is 6.54 Å². The molecule has 1 amide bonds. The number of nitrogens with one attached hydrogen (secondary N) is 1. The molecule has 0 aliphatic rings. The summed E-state index contributed by atoms with van der Waals surface area (Å²) < 4.78 is 15.7. The van der Waals surface area contributed by atoms with E-state index in [9.17, 15) is 14.0 Å². The Morgan fingerprint density at radius 2 is 2.15 bits per heavy atom. The molecule has 0 bridgehead atoms. The van der Waals surface area contributed by atoms with Crippen LogP contribution in [-0.2, 0) is 13.6 Å². The van der Waals surface area contributed by atoms with Crippen molar-refractivity contribution in [1.82, 2.24) is 24.6 Å². The Bertz CT molecular complexity index is 1000. The number of hydrogen-bond acceptors (Lipinski definition) is 4. The molecule has 134 valence electrons. The summed E-state index contributed by atoms with van der Waals surface area (Å²) in [4.78, 5) is 28.4. The number of halogens is 2. The van der Waals surface area contributed by atoms with Crippen LogP contribution in [0.3, 0.4) is 0 Å². The number of amides is 1. The molecule has 0 aliphatic heterocycles. The van der Waals surface area contributed by atoms with Gasteiger partial charge in [0, 0.05) is 31.5 Å². The second kappa shape index (κ2) is 7.49. The predicted octanol–water partition coefficient (Wildman–Crippen LogP) is 1.87. The van der Waals surface area contributed by atoms with Gasteiger partial charge in [0.1, 0.15) is 5.82 Å². The summed E-state index contributed by atoms with van der Waals surface area (Å²) in [5.41, 5.74) is 0.573. The standard InChI is InChI=1S/C17H15ClFN5O2/c1-23-15(11-3-2-6-20-10-11)22-24(17(23)26)8-7-21-16(25)13-5-4-12(19)9-14(13)18/h2-6,9-10H,7-8H2,1H3,(H,21,25). The second-order valence-electron chi connectivity index (χ2n) is 5.51. The third-order valence-corrected chi connectivity index (χ3v) is 4.06. The van der Waals surface area contributed by atoms with Gasteiger partial charge in [-0.1, -0.05) is 11.6 Å². The van der Waals surface area contributed by atoms with Gasteiger partial charge < -0.3 is 5.32 Å². The summed E-state index contributed by atoms with van der Waals surface area (Å²) in [6.45, 7) is 0.341. The van der Waals surface area contributed by atoms with Crippen molar-refractivity contribution in [2.45, 2.75) is 6.54 Å². The predicted molar refractivity (Wildman–Crippen MR) is 94.4 cm³/mol. The number of nitrogens with zero attached hydrogens (tertiary/aromatic N) is 4. The summed E-state index contributed by atoms with van der Waals surface area (Å²) in [7, 11) is 1.62. The minimum absolute atomic E-state index is 0.0244. The Morgan fingerprint density at radius 3 is 2.85 bits per heavy atom. The zero-order chi connectivity index (χ0) is 18.7. The van der Waals surface area contributed by atoms with E-state index in [1.807, 2.05) is 0 Å². The molecule has 3 rings (SSSR count). The lowest BCUT2D eigenvalue weighted by Gasteiger charge is -2.06. The second-order valence-corrected chi connectivity index (χ2v) is 5.92. The minimum Gasteiger partial charge on any atom is -0.350 e. The van der Waals surface area contributed by atoms with E-state index < -0.39 is 11.7 Å². The molecule has 7 nitrogen and oxygen atoms in total. The van der Waals surface area contributed by atoms with Crippen molar-refractivity contribution < 1.29 is 9.18 Å². The van der Waals surface area contributed by atoms with E-state index in [1.54, 1.807) is 31.6 Å². The monoisotopic (exact) mass is 375 g/mol. The van der Waals surface area contributed by atoms with Crippen LogP contribution in [0.1, 0.15) is 10.4 Å². The molecule has 2 aromatic heterocycles.